The highest BCUT2D eigenvalue weighted by molar-refractivity contribution is 6.32. The number of methoxy groups -OCH3 is 2. The van der Waals surface area contributed by atoms with Crippen molar-refractivity contribution in [2.75, 3.05) is 14.2 Å². The molecule has 1 amide bonds. The molecule has 0 atom stereocenters. The number of benzene rings is 3. The predicted molar refractivity (Wildman–Crippen MR) is 126 cm³/mol. The highest BCUT2D eigenvalue weighted by Gasteiger charge is 2.22. The lowest BCUT2D eigenvalue weighted by Crippen LogP contribution is -2.17. The minimum atomic E-state index is -0.793. The zero-order valence-corrected chi connectivity index (χ0v) is 19.0. The first-order valence-corrected chi connectivity index (χ1v) is 10.1. The zero-order valence-electron chi connectivity index (χ0n) is 18.3. The van der Waals surface area contributed by atoms with Crippen LogP contribution in [0.3, 0.4) is 0 Å². The van der Waals surface area contributed by atoms with Crippen LogP contribution in [0.25, 0.3) is 0 Å². The van der Waals surface area contributed by atoms with Crippen molar-refractivity contribution < 1.29 is 28.9 Å². The molecule has 0 aliphatic rings. The van der Waals surface area contributed by atoms with Crippen molar-refractivity contribution in [3.8, 4) is 23.0 Å². The number of hydrazone groups is 1. The molecule has 1 N–H and O–H groups in total. The van der Waals surface area contributed by atoms with Crippen molar-refractivity contribution in [1.82, 2.24) is 5.43 Å². The third kappa shape index (κ3) is 6.00. The molecule has 0 fully saturated rings. The standard InChI is InChI=1S/C22H17ClN4O8/c1-33-20-7-4-14(10-21(20)34-2)22(28)25-24-12-13-3-6-18(16(23)9-13)35-19-8-5-15(26(29)30)11-17(19)27(31)32/h3-12H,1-2H3,(H,25,28)/b24-12+. The van der Waals surface area contributed by atoms with Gasteiger partial charge in [0, 0.05) is 11.6 Å². The van der Waals surface area contributed by atoms with Gasteiger partial charge in [-0.2, -0.15) is 5.10 Å². The largest absolute Gasteiger partial charge is 0.493 e. The quantitative estimate of drug-likeness (QED) is 0.251. The van der Waals surface area contributed by atoms with Gasteiger partial charge in [-0.1, -0.05) is 11.6 Å². The Hall–Kier alpha value is -4.71. The van der Waals surface area contributed by atoms with Gasteiger partial charge in [-0.25, -0.2) is 5.43 Å². The molecule has 13 heteroatoms. The fourth-order valence-corrected chi connectivity index (χ4v) is 3.08. The van der Waals surface area contributed by atoms with Crippen molar-refractivity contribution in [2.45, 2.75) is 0 Å². The fraction of sp³-hybridized carbons (Fsp3) is 0.0909. The number of rotatable bonds is 9. The van der Waals surface area contributed by atoms with Gasteiger partial charge in [0.1, 0.15) is 5.75 Å². The van der Waals surface area contributed by atoms with Crippen molar-refractivity contribution in [2.24, 2.45) is 5.10 Å². The monoisotopic (exact) mass is 500 g/mol. The summed E-state index contributed by atoms with van der Waals surface area (Å²) in [5.74, 6) is 0.239. The van der Waals surface area contributed by atoms with E-state index in [1.165, 1.54) is 38.6 Å². The van der Waals surface area contributed by atoms with Crippen molar-refractivity contribution >= 4 is 35.1 Å². The lowest BCUT2D eigenvalue weighted by Gasteiger charge is -2.09. The molecule has 0 aromatic heterocycles. The van der Waals surface area contributed by atoms with Gasteiger partial charge in [0.05, 0.1) is 41.4 Å². The van der Waals surface area contributed by atoms with E-state index in [4.69, 9.17) is 25.8 Å². The Balaban J connectivity index is 1.71. The molecular formula is C22H17ClN4O8. The highest BCUT2D eigenvalue weighted by Crippen LogP contribution is 2.37. The number of nitrogens with zero attached hydrogens (tertiary/aromatic N) is 3. The summed E-state index contributed by atoms with van der Waals surface area (Å²) in [5.41, 5.74) is 2.13. The molecule has 12 nitrogen and oxygen atoms in total. The molecule has 0 unspecified atom stereocenters. The highest BCUT2D eigenvalue weighted by atomic mass is 35.5. The third-order valence-corrected chi connectivity index (χ3v) is 4.85. The van der Waals surface area contributed by atoms with Crippen LogP contribution in [0.1, 0.15) is 15.9 Å². The van der Waals surface area contributed by atoms with E-state index < -0.39 is 27.1 Å². The van der Waals surface area contributed by atoms with Crippen LogP contribution in [0.2, 0.25) is 5.02 Å². The summed E-state index contributed by atoms with van der Waals surface area (Å²) in [6.45, 7) is 0. The number of ether oxygens (including phenoxy) is 3. The predicted octanol–water partition coefficient (Wildman–Crippen LogP) is 4.73. The molecule has 0 aliphatic carbocycles. The van der Waals surface area contributed by atoms with Crippen molar-refractivity contribution in [3.05, 3.63) is 91.0 Å². The van der Waals surface area contributed by atoms with Crippen LogP contribution >= 0.6 is 11.6 Å². The van der Waals surface area contributed by atoms with Gasteiger partial charge in [-0.15, -0.1) is 0 Å². The summed E-state index contributed by atoms with van der Waals surface area (Å²) in [6, 6.07) is 12.1. The summed E-state index contributed by atoms with van der Waals surface area (Å²) in [5, 5.41) is 26.1. The van der Waals surface area contributed by atoms with Crippen molar-refractivity contribution in [3.63, 3.8) is 0 Å². The SMILES string of the molecule is COc1ccc(C(=O)N/N=C/c2ccc(Oc3ccc([N+](=O)[O-])cc3[N+](=O)[O-])c(Cl)c2)cc1OC. The summed E-state index contributed by atoms with van der Waals surface area (Å²) in [4.78, 5) is 32.9. The summed E-state index contributed by atoms with van der Waals surface area (Å²) < 4.78 is 15.8. The number of halogens is 1. The Morgan fingerprint density at radius 3 is 2.23 bits per heavy atom. The minimum absolute atomic E-state index is 0.0788. The normalized spacial score (nSPS) is 10.6. The summed E-state index contributed by atoms with van der Waals surface area (Å²) in [7, 11) is 2.94. The number of nitro benzene ring substituents is 2. The molecule has 3 rings (SSSR count). The molecule has 0 bridgehead atoms. The van der Waals surface area contributed by atoms with E-state index in [2.05, 4.69) is 10.5 Å². The number of carbonyl (C=O) groups excluding carboxylic acids is 1. The molecule has 0 saturated heterocycles. The van der Waals surface area contributed by atoms with E-state index in [9.17, 15) is 25.0 Å². The Bertz CT molecular complexity index is 1330. The topological polar surface area (TPSA) is 155 Å². The first kappa shape index (κ1) is 24.9. The molecule has 0 saturated carbocycles. The van der Waals surface area contributed by atoms with Gasteiger partial charge < -0.3 is 14.2 Å². The van der Waals surface area contributed by atoms with Crippen LogP contribution < -0.4 is 19.6 Å². The molecule has 3 aromatic carbocycles. The second-order valence-electron chi connectivity index (χ2n) is 6.73. The van der Waals surface area contributed by atoms with E-state index in [-0.39, 0.29) is 16.5 Å². The van der Waals surface area contributed by atoms with Gasteiger partial charge in [-0.3, -0.25) is 25.0 Å². The van der Waals surface area contributed by atoms with E-state index in [1.807, 2.05) is 0 Å². The number of nitro groups is 2. The molecule has 0 radical (unpaired) electrons. The number of amides is 1. The Morgan fingerprint density at radius 1 is 0.914 bits per heavy atom. The summed E-state index contributed by atoms with van der Waals surface area (Å²) in [6.07, 6.45) is 1.34. The first-order chi connectivity index (χ1) is 16.7. The number of non-ortho nitro benzene ring substituents is 1. The maximum absolute atomic E-state index is 12.3. The van der Waals surface area contributed by atoms with Crippen LogP contribution in [0.15, 0.2) is 59.7 Å². The van der Waals surface area contributed by atoms with Gasteiger partial charge in [-0.05, 0) is 48.0 Å². The van der Waals surface area contributed by atoms with E-state index in [1.54, 1.807) is 18.2 Å². The summed E-state index contributed by atoms with van der Waals surface area (Å²) >= 11 is 6.21. The Kier molecular flexibility index (Phi) is 7.79. The number of carbonyl (C=O) groups is 1. The Morgan fingerprint density at radius 2 is 1.60 bits per heavy atom. The fourth-order valence-electron chi connectivity index (χ4n) is 2.85. The van der Waals surface area contributed by atoms with Gasteiger partial charge in [0.2, 0.25) is 5.75 Å². The molecule has 0 aliphatic heterocycles. The third-order valence-electron chi connectivity index (χ3n) is 4.55. The lowest BCUT2D eigenvalue weighted by molar-refractivity contribution is -0.394. The lowest BCUT2D eigenvalue weighted by atomic mass is 10.2. The maximum atomic E-state index is 12.3. The second kappa shape index (κ2) is 10.9. The van der Waals surface area contributed by atoms with Crippen LogP contribution in [0.5, 0.6) is 23.0 Å². The van der Waals surface area contributed by atoms with Crippen molar-refractivity contribution in [1.29, 1.82) is 0 Å². The molecule has 0 spiro atoms. The van der Waals surface area contributed by atoms with E-state index in [0.717, 1.165) is 18.2 Å². The van der Waals surface area contributed by atoms with Gasteiger partial charge in [0.25, 0.3) is 11.6 Å². The van der Waals surface area contributed by atoms with Gasteiger partial charge >= 0.3 is 5.69 Å². The first-order valence-electron chi connectivity index (χ1n) is 9.69. The molecule has 0 heterocycles. The maximum Gasteiger partial charge on any atom is 0.318 e. The Labute approximate surface area is 203 Å². The zero-order chi connectivity index (χ0) is 25.5. The average molecular weight is 501 g/mol. The second-order valence-corrected chi connectivity index (χ2v) is 7.13. The van der Waals surface area contributed by atoms with E-state index in [0.29, 0.717) is 22.6 Å². The average Bonchev–Trinajstić information content (AvgIpc) is 2.84. The van der Waals surface area contributed by atoms with Crippen LogP contribution in [0.4, 0.5) is 11.4 Å². The smallest absolute Gasteiger partial charge is 0.318 e. The van der Waals surface area contributed by atoms with E-state index >= 15 is 0 Å². The van der Waals surface area contributed by atoms with Gasteiger partial charge in [0.15, 0.2) is 11.5 Å². The molecular weight excluding hydrogens is 484 g/mol. The van der Waals surface area contributed by atoms with Crippen LogP contribution in [0, 0.1) is 20.2 Å². The van der Waals surface area contributed by atoms with Crippen LogP contribution in [-0.4, -0.2) is 36.2 Å². The van der Waals surface area contributed by atoms with Crippen LogP contribution in [-0.2, 0) is 0 Å². The molecule has 3 aromatic rings. The number of hydrogen-bond donors (Lipinski definition) is 1. The molecule has 35 heavy (non-hydrogen) atoms. The minimum Gasteiger partial charge on any atom is -0.493 e. The number of hydrogen-bond acceptors (Lipinski definition) is 9. The number of nitrogens with one attached hydrogen (secondary N) is 1. The molecule has 180 valence electrons.